The number of halogens is 3. The lowest BCUT2D eigenvalue weighted by Gasteiger charge is -2.47. The Morgan fingerprint density at radius 1 is 1.11 bits per heavy atom. The summed E-state index contributed by atoms with van der Waals surface area (Å²) in [5.74, 6) is -0.302. The van der Waals surface area contributed by atoms with E-state index in [1.165, 1.54) is 17.2 Å². The van der Waals surface area contributed by atoms with Gasteiger partial charge in [-0.25, -0.2) is 0 Å². The van der Waals surface area contributed by atoms with Crippen LogP contribution in [-0.4, -0.2) is 42.1 Å². The lowest BCUT2D eigenvalue weighted by atomic mass is 9.74. The molecule has 198 valence electrons. The molecule has 2 aromatic carbocycles. The lowest BCUT2D eigenvalue weighted by Crippen LogP contribution is -2.59. The zero-order valence-corrected chi connectivity index (χ0v) is 21.5. The molecule has 1 spiro atoms. The molecule has 0 saturated carbocycles. The average Bonchev–Trinajstić information content (AvgIpc) is 3.25. The van der Waals surface area contributed by atoms with Crippen molar-refractivity contribution in [2.24, 2.45) is 5.92 Å². The summed E-state index contributed by atoms with van der Waals surface area (Å²) in [6, 6.07) is 14.0. The maximum atomic E-state index is 13.3. The number of benzene rings is 2. The first-order chi connectivity index (χ1) is 17.6. The zero-order valence-electron chi connectivity index (χ0n) is 21.5. The Morgan fingerprint density at radius 2 is 1.86 bits per heavy atom. The summed E-state index contributed by atoms with van der Waals surface area (Å²) >= 11 is 0. The summed E-state index contributed by atoms with van der Waals surface area (Å²) < 4.78 is 45.5. The molecule has 2 fully saturated rings. The van der Waals surface area contributed by atoms with Gasteiger partial charge in [0.05, 0.1) is 12.2 Å². The Morgan fingerprint density at radius 3 is 2.54 bits per heavy atom. The first kappa shape index (κ1) is 26.0. The minimum absolute atomic E-state index is 0.0349. The highest BCUT2D eigenvalue weighted by Crippen LogP contribution is 2.44. The Labute approximate surface area is 216 Å². The van der Waals surface area contributed by atoms with Gasteiger partial charge in [-0.3, -0.25) is 9.69 Å². The van der Waals surface area contributed by atoms with E-state index in [-0.39, 0.29) is 29.8 Å². The number of fused-ring (bicyclic) bond motifs is 2. The number of carbonyl (C=O) groups is 1. The minimum Gasteiger partial charge on any atom is -0.363 e. The van der Waals surface area contributed by atoms with Crippen LogP contribution in [-0.2, 0) is 27.7 Å². The zero-order chi connectivity index (χ0) is 26.3. The first-order valence-electron chi connectivity index (χ1n) is 13.2. The molecule has 1 aliphatic carbocycles. The maximum absolute atomic E-state index is 13.3. The predicted molar refractivity (Wildman–Crippen MR) is 138 cm³/mol. The Hall–Kier alpha value is -2.64. The Bertz CT molecular complexity index is 1160. The van der Waals surface area contributed by atoms with Crippen molar-refractivity contribution in [1.82, 2.24) is 10.2 Å². The summed E-state index contributed by atoms with van der Waals surface area (Å²) in [6.07, 6.45) is 3.82. The molecule has 2 aromatic rings. The molecule has 0 aromatic heterocycles. The molecule has 4 nitrogen and oxygen atoms in total. The standard InChI is InChI=1S/C30H35F3N2O2/c1-21(2)29(27(36)34-19-22-6-5-8-24(18-22)30(31,32)33)13-11-25(20-37-29)35-16-14-28(15-17-35)12-10-23-7-3-4-9-26(23)28/h3-10,12,18,21,25H,11,13-17,19-20H2,1-2H3,(H,34,36)/t25-,29+/m1/s1. The quantitative estimate of drug-likeness (QED) is 0.538. The van der Waals surface area contributed by atoms with E-state index in [2.05, 4.69) is 46.6 Å². The number of hydrogen-bond acceptors (Lipinski definition) is 3. The fourth-order valence-electron chi connectivity index (χ4n) is 6.31. The topological polar surface area (TPSA) is 41.6 Å². The molecule has 7 heteroatoms. The van der Waals surface area contributed by atoms with E-state index in [4.69, 9.17) is 4.74 Å². The highest BCUT2D eigenvalue weighted by atomic mass is 19.4. The second kappa shape index (κ2) is 9.91. The maximum Gasteiger partial charge on any atom is 0.416 e. The third kappa shape index (κ3) is 4.96. The number of carbonyl (C=O) groups excluding carboxylic acids is 1. The summed E-state index contributed by atoms with van der Waals surface area (Å²) in [5.41, 5.74) is 1.63. The van der Waals surface area contributed by atoms with Crippen molar-refractivity contribution in [2.45, 2.75) is 69.3 Å². The van der Waals surface area contributed by atoms with E-state index in [0.29, 0.717) is 18.6 Å². The van der Waals surface area contributed by atoms with E-state index in [0.717, 1.165) is 44.5 Å². The Balaban J connectivity index is 1.18. The van der Waals surface area contributed by atoms with Crippen LogP contribution in [0.4, 0.5) is 13.2 Å². The van der Waals surface area contributed by atoms with Gasteiger partial charge in [0.2, 0.25) is 0 Å². The molecular formula is C30H35F3N2O2. The SMILES string of the molecule is CC(C)[C@]1(C(=O)NCc2cccc(C(F)(F)F)c2)CC[C@@H](N2CCC3(C=Cc4ccccc43)CC2)CO1. The number of nitrogens with one attached hydrogen (secondary N) is 1. The second-order valence-corrected chi connectivity index (χ2v) is 11.0. The average molecular weight is 513 g/mol. The highest BCUT2D eigenvalue weighted by Gasteiger charge is 2.47. The van der Waals surface area contributed by atoms with Crippen LogP contribution in [0.5, 0.6) is 0 Å². The number of alkyl halides is 3. The van der Waals surface area contributed by atoms with Crippen LogP contribution in [0.15, 0.2) is 54.6 Å². The number of allylic oxidation sites excluding steroid dienone is 1. The van der Waals surface area contributed by atoms with E-state index in [9.17, 15) is 18.0 Å². The monoisotopic (exact) mass is 512 g/mol. The predicted octanol–water partition coefficient (Wildman–Crippen LogP) is 5.96. The number of nitrogens with zero attached hydrogens (tertiary/aromatic N) is 1. The van der Waals surface area contributed by atoms with Crippen molar-refractivity contribution in [2.75, 3.05) is 19.7 Å². The highest BCUT2D eigenvalue weighted by molar-refractivity contribution is 5.85. The number of amides is 1. The van der Waals surface area contributed by atoms with Crippen LogP contribution in [0.25, 0.3) is 6.08 Å². The normalized spacial score (nSPS) is 25.4. The van der Waals surface area contributed by atoms with Crippen molar-refractivity contribution in [1.29, 1.82) is 0 Å². The molecular weight excluding hydrogens is 477 g/mol. The number of ether oxygens (including phenoxy) is 1. The van der Waals surface area contributed by atoms with Crippen molar-refractivity contribution in [3.8, 4) is 0 Å². The molecule has 1 amide bonds. The largest absolute Gasteiger partial charge is 0.416 e. The minimum atomic E-state index is -4.41. The van der Waals surface area contributed by atoms with Crippen molar-refractivity contribution < 1.29 is 22.7 Å². The molecule has 37 heavy (non-hydrogen) atoms. The van der Waals surface area contributed by atoms with Gasteiger partial charge in [0.15, 0.2) is 0 Å². The fourth-order valence-corrected chi connectivity index (χ4v) is 6.31. The third-order valence-corrected chi connectivity index (χ3v) is 8.69. The molecule has 5 rings (SSSR count). The molecule has 2 saturated heterocycles. The van der Waals surface area contributed by atoms with Gasteiger partial charge in [-0.15, -0.1) is 0 Å². The van der Waals surface area contributed by atoms with Gasteiger partial charge in [0.1, 0.15) is 5.60 Å². The van der Waals surface area contributed by atoms with Gasteiger partial charge < -0.3 is 10.1 Å². The van der Waals surface area contributed by atoms with Crippen LogP contribution in [0.3, 0.4) is 0 Å². The van der Waals surface area contributed by atoms with Gasteiger partial charge in [0.25, 0.3) is 5.91 Å². The van der Waals surface area contributed by atoms with E-state index >= 15 is 0 Å². The van der Waals surface area contributed by atoms with Crippen LogP contribution < -0.4 is 5.32 Å². The Kier molecular flexibility index (Phi) is 6.96. The lowest BCUT2D eigenvalue weighted by molar-refractivity contribution is -0.170. The van der Waals surface area contributed by atoms with Gasteiger partial charge in [0, 0.05) is 18.0 Å². The van der Waals surface area contributed by atoms with Crippen LogP contribution in [0.2, 0.25) is 0 Å². The van der Waals surface area contributed by atoms with Gasteiger partial charge >= 0.3 is 6.18 Å². The van der Waals surface area contributed by atoms with Crippen LogP contribution >= 0.6 is 0 Å². The summed E-state index contributed by atoms with van der Waals surface area (Å²) in [5, 5.41) is 2.85. The van der Waals surface area contributed by atoms with Crippen molar-refractivity contribution in [3.05, 3.63) is 76.9 Å². The van der Waals surface area contributed by atoms with Gasteiger partial charge in [-0.05, 0) is 73.5 Å². The molecule has 0 unspecified atom stereocenters. The molecule has 0 radical (unpaired) electrons. The van der Waals surface area contributed by atoms with Crippen LogP contribution in [0, 0.1) is 5.92 Å². The number of hydrogen-bond donors (Lipinski definition) is 1. The van der Waals surface area contributed by atoms with Crippen molar-refractivity contribution in [3.63, 3.8) is 0 Å². The molecule has 2 aliphatic heterocycles. The molecule has 1 N–H and O–H groups in total. The third-order valence-electron chi connectivity index (χ3n) is 8.69. The number of likely N-dealkylation sites (tertiary alicyclic amines) is 1. The summed E-state index contributed by atoms with van der Waals surface area (Å²) in [4.78, 5) is 15.8. The van der Waals surface area contributed by atoms with Crippen LogP contribution in [0.1, 0.15) is 61.8 Å². The summed E-state index contributed by atoms with van der Waals surface area (Å²) in [7, 11) is 0. The van der Waals surface area contributed by atoms with E-state index in [1.54, 1.807) is 6.07 Å². The van der Waals surface area contributed by atoms with Crippen molar-refractivity contribution >= 4 is 12.0 Å². The molecule has 2 atom stereocenters. The second-order valence-electron chi connectivity index (χ2n) is 11.0. The number of rotatable bonds is 5. The van der Waals surface area contributed by atoms with E-state index < -0.39 is 17.3 Å². The number of piperidine rings is 1. The first-order valence-corrected chi connectivity index (χ1v) is 13.2. The fraction of sp³-hybridized carbons (Fsp3) is 0.500. The molecule has 0 bridgehead atoms. The van der Waals surface area contributed by atoms with Gasteiger partial charge in [-0.2, -0.15) is 13.2 Å². The van der Waals surface area contributed by atoms with E-state index in [1.807, 2.05) is 13.8 Å². The smallest absolute Gasteiger partial charge is 0.363 e. The summed E-state index contributed by atoms with van der Waals surface area (Å²) in [6.45, 7) is 6.44. The molecule has 2 heterocycles. The molecule has 3 aliphatic rings. The van der Waals surface area contributed by atoms with Gasteiger partial charge in [-0.1, -0.05) is 62.4 Å².